The molecule has 0 radical (unpaired) electrons. The number of amides is 1. The van der Waals surface area contributed by atoms with Crippen LogP contribution in [0.25, 0.3) is 0 Å². The molecule has 0 saturated heterocycles. The van der Waals surface area contributed by atoms with E-state index in [0.717, 1.165) is 21.7 Å². The maximum absolute atomic E-state index is 12.4. The lowest BCUT2D eigenvalue weighted by molar-refractivity contribution is -0.122. The number of hydrogen-bond donors (Lipinski definition) is 1. The second-order valence-electron chi connectivity index (χ2n) is 6.95. The van der Waals surface area contributed by atoms with E-state index < -0.39 is 15.9 Å². The van der Waals surface area contributed by atoms with Crippen molar-refractivity contribution in [1.82, 2.24) is 9.62 Å². The first kappa shape index (κ1) is 22.7. The van der Waals surface area contributed by atoms with Gasteiger partial charge in [0.05, 0.1) is 26.0 Å². The molecular formula is C21H28N2O5S. The molecule has 0 fully saturated rings. The smallest absolute Gasteiger partial charge is 0.235 e. The number of benzene rings is 2. The quantitative estimate of drug-likeness (QED) is 0.638. The van der Waals surface area contributed by atoms with Gasteiger partial charge in [-0.05, 0) is 31.5 Å². The van der Waals surface area contributed by atoms with Gasteiger partial charge < -0.3 is 14.8 Å². The predicted molar refractivity (Wildman–Crippen MR) is 113 cm³/mol. The van der Waals surface area contributed by atoms with Gasteiger partial charge in [0.1, 0.15) is 6.61 Å². The highest BCUT2D eigenvalue weighted by molar-refractivity contribution is 7.88. The van der Waals surface area contributed by atoms with E-state index in [0.29, 0.717) is 11.5 Å². The molecular weight excluding hydrogens is 392 g/mol. The standard InChI is InChI=1S/C21H28N2O5S/c1-16-9-11-18(12-10-16)13-23(29(4,25)26)14-21(24)22-17(2)15-28-20-8-6-5-7-19(20)27-3/h5-12,17H,13-15H2,1-4H3,(H,22,24)/t17-/m1/s1. The molecule has 0 spiro atoms. The van der Waals surface area contributed by atoms with Crippen LogP contribution in [0.5, 0.6) is 11.5 Å². The molecule has 2 rings (SSSR count). The van der Waals surface area contributed by atoms with Crippen LogP contribution in [0.1, 0.15) is 18.1 Å². The summed E-state index contributed by atoms with van der Waals surface area (Å²) in [7, 11) is -1.99. The zero-order chi connectivity index (χ0) is 21.4. The Bertz CT molecular complexity index is 913. The van der Waals surface area contributed by atoms with E-state index in [1.165, 1.54) is 0 Å². The van der Waals surface area contributed by atoms with Gasteiger partial charge in [0.25, 0.3) is 0 Å². The van der Waals surface area contributed by atoms with Gasteiger partial charge in [0.15, 0.2) is 11.5 Å². The number of hydrogen-bond acceptors (Lipinski definition) is 5. The van der Waals surface area contributed by atoms with Crippen molar-refractivity contribution < 1.29 is 22.7 Å². The summed E-state index contributed by atoms with van der Waals surface area (Å²) < 4.78 is 36.3. The summed E-state index contributed by atoms with van der Waals surface area (Å²) in [5, 5.41) is 2.77. The minimum Gasteiger partial charge on any atom is -0.493 e. The Hall–Kier alpha value is -2.58. The maximum atomic E-state index is 12.4. The average molecular weight is 421 g/mol. The minimum atomic E-state index is -3.54. The lowest BCUT2D eigenvalue weighted by atomic mass is 10.1. The average Bonchev–Trinajstić information content (AvgIpc) is 2.67. The normalized spacial score (nSPS) is 12.4. The molecule has 0 heterocycles. The van der Waals surface area contributed by atoms with Crippen LogP contribution in [0.2, 0.25) is 0 Å². The third kappa shape index (κ3) is 7.40. The number of ether oxygens (including phenoxy) is 2. The maximum Gasteiger partial charge on any atom is 0.235 e. The molecule has 158 valence electrons. The van der Waals surface area contributed by atoms with Crippen LogP contribution < -0.4 is 14.8 Å². The molecule has 0 aliphatic carbocycles. The molecule has 0 aliphatic rings. The Morgan fingerprint density at radius 3 is 2.31 bits per heavy atom. The monoisotopic (exact) mass is 420 g/mol. The number of methoxy groups -OCH3 is 1. The Kier molecular flexibility index (Phi) is 8.04. The van der Waals surface area contributed by atoms with E-state index >= 15 is 0 Å². The predicted octanol–water partition coefficient (Wildman–Crippen LogP) is 2.35. The first-order valence-electron chi connectivity index (χ1n) is 9.25. The molecule has 0 saturated carbocycles. The number of carbonyl (C=O) groups is 1. The van der Waals surface area contributed by atoms with Gasteiger partial charge in [0.2, 0.25) is 15.9 Å². The lowest BCUT2D eigenvalue weighted by Crippen LogP contribution is -2.44. The summed E-state index contributed by atoms with van der Waals surface area (Å²) in [5.74, 6) is 0.791. The van der Waals surface area contributed by atoms with Gasteiger partial charge in [-0.3, -0.25) is 4.79 Å². The summed E-state index contributed by atoms with van der Waals surface area (Å²) in [4.78, 5) is 12.4. The molecule has 1 atom stereocenters. The van der Waals surface area contributed by atoms with Gasteiger partial charge in [-0.25, -0.2) is 8.42 Å². The molecule has 2 aromatic carbocycles. The molecule has 8 heteroatoms. The van der Waals surface area contributed by atoms with Crippen molar-refractivity contribution in [3.05, 3.63) is 59.7 Å². The van der Waals surface area contributed by atoms with Crippen molar-refractivity contribution in [2.45, 2.75) is 26.4 Å². The summed E-state index contributed by atoms with van der Waals surface area (Å²) in [6.07, 6.45) is 1.10. The van der Waals surface area contributed by atoms with Gasteiger partial charge in [-0.2, -0.15) is 4.31 Å². The highest BCUT2D eigenvalue weighted by Gasteiger charge is 2.21. The molecule has 29 heavy (non-hydrogen) atoms. The topological polar surface area (TPSA) is 84.9 Å². The first-order valence-corrected chi connectivity index (χ1v) is 11.1. The molecule has 0 unspecified atom stereocenters. The van der Waals surface area contributed by atoms with Gasteiger partial charge >= 0.3 is 0 Å². The first-order chi connectivity index (χ1) is 13.7. The number of aryl methyl sites for hydroxylation is 1. The lowest BCUT2D eigenvalue weighted by Gasteiger charge is -2.21. The van der Waals surface area contributed by atoms with Crippen LogP contribution in [-0.2, 0) is 21.4 Å². The molecule has 1 N–H and O–H groups in total. The number of nitrogens with zero attached hydrogens (tertiary/aromatic N) is 1. The van der Waals surface area contributed by atoms with E-state index in [1.807, 2.05) is 43.3 Å². The zero-order valence-corrected chi connectivity index (χ0v) is 18.0. The summed E-state index contributed by atoms with van der Waals surface area (Å²) in [5.41, 5.74) is 1.91. The zero-order valence-electron chi connectivity index (χ0n) is 17.2. The van der Waals surface area contributed by atoms with E-state index in [2.05, 4.69) is 5.32 Å². The molecule has 1 amide bonds. The van der Waals surface area contributed by atoms with Crippen LogP contribution in [0, 0.1) is 6.92 Å². The Morgan fingerprint density at radius 1 is 1.10 bits per heavy atom. The van der Waals surface area contributed by atoms with Crippen LogP contribution in [-0.4, -0.2) is 51.2 Å². The Morgan fingerprint density at radius 2 is 1.72 bits per heavy atom. The van der Waals surface area contributed by atoms with Crippen LogP contribution in [0.4, 0.5) is 0 Å². The van der Waals surface area contributed by atoms with Crippen molar-refractivity contribution >= 4 is 15.9 Å². The van der Waals surface area contributed by atoms with Gasteiger partial charge in [-0.1, -0.05) is 42.0 Å². The molecule has 0 aromatic heterocycles. The Balaban J connectivity index is 1.92. The van der Waals surface area contributed by atoms with Gasteiger partial charge in [0, 0.05) is 6.54 Å². The van der Waals surface area contributed by atoms with Crippen LogP contribution in [0.15, 0.2) is 48.5 Å². The third-order valence-electron chi connectivity index (χ3n) is 4.23. The van der Waals surface area contributed by atoms with Crippen molar-refractivity contribution in [3.63, 3.8) is 0 Å². The second-order valence-corrected chi connectivity index (χ2v) is 8.93. The fraction of sp³-hybridized carbons (Fsp3) is 0.381. The fourth-order valence-electron chi connectivity index (χ4n) is 2.66. The van der Waals surface area contributed by atoms with E-state index in [1.54, 1.807) is 26.2 Å². The second kappa shape index (κ2) is 10.3. The summed E-state index contributed by atoms with van der Waals surface area (Å²) in [6.45, 7) is 3.85. The van der Waals surface area contributed by atoms with Crippen molar-refractivity contribution in [2.24, 2.45) is 0 Å². The van der Waals surface area contributed by atoms with E-state index in [9.17, 15) is 13.2 Å². The summed E-state index contributed by atoms with van der Waals surface area (Å²) in [6, 6.07) is 14.5. The summed E-state index contributed by atoms with van der Waals surface area (Å²) >= 11 is 0. The fourth-order valence-corrected chi connectivity index (χ4v) is 3.40. The molecule has 0 aliphatic heterocycles. The number of sulfonamides is 1. The number of carbonyl (C=O) groups excluding carboxylic acids is 1. The van der Waals surface area contributed by atoms with E-state index in [-0.39, 0.29) is 25.7 Å². The molecule has 0 bridgehead atoms. The highest BCUT2D eigenvalue weighted by atomic mass is 32.2. The highest BCUT2D eigenvalue weighted by Crippen LogP contribution is 2.25. The van der Waals surface area contributed by atoms with Crippen LogP contribution >= 0.6 is 0 Å². The number of rotatable bonds is 10. The number of nitrogens with one attached hydrogen (secondary N) is 1. The molecule has 2 aromatic rings. The third-order valence-corrected chi connectivity index (χ3v) is 5.43. The minimum absolute atomic E-state index is 0.138. The van der Waals surface area contributed by atoms with Crippen LogP contribution in [0.3, 0.4) is 0 Å². The Labute approximate surface area is 172 Å². The van der Waals surface area contributed by atoms with E-state index in [4.69, 9.17) is 9.47 Å². The largest absolute Gasteiger partial charge is 0.493 e. The molecule has 7 nitrogen and oxygen atoms in total. The number of para-hydroxylation sites is 2. The SMILES string of the molecule is COc1ccccc1OC[C@@H](C)NC(=O)CN(Cc1ccc(C)cc1)S(C)(=O)=O. The van der Waals surface area contributed by atoms with Crippen molar-refractivity contribution in [3.8, 4) is 11.5 Å². The van der Waals surface area contributed by atoms with Crippen molar-refractivity contribution in [1.29, 1.82) is 0 Å². The van der Waals surface area contributed by atoms with Gasteiger partial charge in [-0.15, -0.1) is 0 Å². The van der Waals surface area contributed by atoms with Crippen molar-refractivity contribution in [2.75, 3.05) is 26.5 Å².